The van der Waals surface area contributed by atoms with Gasteiger partial charge >= 0.3 is 5.97 Å². The number of carbonyl (C=O) groups excluding carboxylic acids is 1. The Kier molecular flexibility index (Phi) is 5.21. The number of ether oxygens (including phenoxy) is 1. The minimum Gasteiger partial charge on any atom is -0.423 e. The largest absolute Gasteiger partial charge is 0.423 e. The number of rotatable bonds is 6. The Hall–Kier alpha value is -1.83. The Morgan fingerprint density at radius 2 is 2.12 bits per heavy atom. The highest BCUT2D eigenvalue weighted by Crippen LogP contribution is 2.20. The van der Waals surface area contributed by atoms with E-state index in [0.29, 0.717) is 17.7 Å². The topological polar surface area (TPSA) is 26.3 Å². The first-order valence-electron chi connectivity index (χ1n) is 5.80. The lowest BCUT2D eigenvalue weighted by Gasteiger charge is -2.08. The van der Waals surface area contributed by atoms with Gasteiger partial charge in [0.05, 0.1) is 0 Å². The van der Waals surface area contributed by atoms with Crippen molar-refractivity contribution in [2.24, 2.45) is 0 Å². The first kappa shape index (κ1) is 13.2. The van der Waals surface area contributed by atoms with E-state index in [2.05, 4.69) is 20.1 Å². The van der Waals surface area contributed by atoms with Gasteiger partial charge in [-0.1, -0.05) is 50.8 Å². The van der Waals surface area contributed by atoms with Crippen LogP contribution in [0.25, 0.3) is 6.08 Å². The molecule has 0 aliphatic rings. The molecule has 0 saturated heterocycles. The van der Waals surface area contributed by atoms with Crippen molar-refractivity contribution in [3.63, 3.8) is 0 Å². The quantitative estimate of drug-likeness (QED) is 0.420. The summed E-state index contributed by atoms with van der Waals surface area (Å²) in [6.07, 6.45) is 4.34. The summed E-state index contributed by atoms with van der Waals surface area (Å²) < 4.78 is 5.29. The Balaban J connectivity index is 2.67. The maximum absolute atomic E-state index is 11.7. The summed E-state index contributed by atoms with van der Waals surface area (Å²) in [7, 11) is 0. The first-order chi connectivity index (χ1) is 8.19. The molecule has 0 aromatic heterocycles. The van der Waals surface area contributed by atoms with Gasteiger partial charge in [0.2, 0.25) is 0 Å². The van der Waals surface area contributed by atoms with Crippen LogP contribution in [0.4, 0.5) is 0 Å². The van der Waals surface area contributed by atoms with Crippen molar-refractivity contribution < 1.29 is 9.53 Å². The number of hydrogen-bond acceptors (Lipinski definition) is 2. The van der Waals surface area contributed by atoms with Gasteiger partial charge in [-0.05, 0) is 18.9 Å². The number of hydrogen-bond donors (Lipinski definition) is 0. The average molecular weight is 230 g/mol. The molecule has 0 bridgehead atoms. The van der Waals surface area contributed by atoms with E-state index in [1.807, 2.05) is 18.2 Å². The molecule has 0 fully saturated rings. The number of unbranched alkanes of at least 4 members (excludes halogenated alkanes) is 1. The van der Waals surface area contributed by atoms with Crippen LogP contribution in [0, 0.1) is 0 Å². The van der Waals surface area contributed by atoms with Crippen LogP contribution in [-0.2, 0) is 4.79 Å². The summed E-state index contributed by atoms with van der Waals surface area (Å²) in [5, 5.41) is 0. The van der Waals surface area contributed by atoms with Gasteiger partial charge in [-0.2, -0.15) is 0 Å². The van der Waals surface area contributed by atoms with Crippen LogP contribution in [0.5, 0.6) is 5.75 Å². The van der Waals surface area contributed by atoms with Crippen LogP contribution in [0.3, 0.4) is 0 Å². The standard InChI is InChI=1S/C15H18O2/c1-4-6-9-12(3)15(16)17-14-11-8-7-10-13(14)5-2/h5,7-8,10-11H,2-4,6,9H2,1H3. The molecule has 17 heavy (non-hydrogen) atoms. The van der Waals surface area contributed by atoms with Gasteiger partial charge in [0.15, 0.2) is 0 Å². The number of para-hydroxylation sites is 1. The predicted octanol–water partition coefficient (Wildman–Crippen LogP) is 3.98. The van der Waals surface area contributed by atoms with E-state index >= 15 is 0 Å². The van der Waals surface area contributed by atoms with E-state index in [1.165, 1.54) is 0 Å². The monoisotopic (exact) mass is 230 g/mol. The zero-order valence-corrected chi connectivity index (χ0v) is 10.2. The summed E-state index contributed by atoms with van der Waals surface area (Å²) in [4.78, 5) is 11.7. The maximum atomic E-state index is 11.7. The van der Waals surface area contributed by atoms with Gasteiger partial charge in [0.25, 0.3) is 0 Å². The van der Waals surface area contributed by atoms with Crippen LogP contribution < -0.4 is 4.74 Å². The number of carbonyl (C=O) groups is 1. The fourth-order valence-electron chi connectivity index (χ4n) is 1.41. The average Bonchev–Trinajstić information content (AvgIpc) is 2.36. The third-order valence-electron chi connectivity index (χ3n) is 2.46. The van der Waals surface area contributed by atoms with Gasteiger partial charge in [-0.15, -0.1) is 0 Å². The smallest absolute Gasteiger partial charge is 0.338 e. The Bertz CT molecular complexity index is 419. The molecule has 1 aromatic rings. The van der Waals surface area contributed by atoms with Crippen LogP contribution in [0.2, 0.25) is 0 Å². The second-order valence-corrected chi connectivity index (χ2v) is 3.84. The van der Waals surface area contributed by atoms with Crippen LogP contribution in [0.15, 0.2) is 43.0 Å². The normalized spacial score (nSPS) is 9.71. The van der Waals surface area contributed by atoms with Gasteiger partial charge < -0.3 is 4.74 Å². The zero-order chi connectivity index (χ0) is 12.7. The van der Waals surface area contributed by atoms with E-state index in [4.69, 9.17) is 4.74 Å². The SMILES string of the molecule is C=Cc1ccccc1OC(=O)C(=C)CCCC. The molecule has 0 aliphatic heterocycles. The lowest BCUT2D eigenvalue weighted by atomic mass is 10.1. The molecule has 90 valence electrons. The molecule has 1 aromatic carbocycles. The van der Waals surface area contributed by atoms with Crippen LogP contribution in [-0.4, -0.2) is 5.97 Å². The molecule has 0 aliphatic carbocycles. The molecule has 0 radical (unpaired) electrons. The second-order valence-electron chi connectivity index (χ2n) is 3.84. The van der Waals surface area contributed by atoms with Gasteiger partial charge in [-0.3, -0.25) is 0 Å². The van der Waals surface area contributed by atoms with E-state index < -0.39 is 0 Å². The molecule has 0 saturated carbocycles. The molecular weight excluding hydrogens is 212 g/mol. The van der Waals surface area contributed by atoms with Crippen molar-refractivity contribution in [2.45, 2.75) is 26.2 Å². The van der Waals surface area contributed by atoms with Crippen LogP contribution in [0.1, 0.15) is 31.7 Å². The molecule has 1 rings (SSSR count). The Morgan fingerprint density at radius 3 is 2.76 bits per heavy atom. The Labute approximate surface area is 103 Å². The highest BCUT2D eigenvalue weighted by Gasteiger charge is 2.10. The van der Waals surface area contributed by atoms with Crippen molar-refractivity contribution >= 4 is 12.0 Å². The van der Waals surface area contributed by atoms with Gasteiger partial charge in [0.1, 0.15) is 5.75 Å². The third-order valence-corrected chi connectivity index (χ3v) is 2.46. The van der Waals surface area contributed by atoms with E-state index in [-0.39, 0.29) is 5.97 Å². The summed E-state index contributed by atoms with van der Waals surface area (Å²) in [5.41, 5.74) is 1.33. The molecule has 0 amide bonds. The number of benzene rings is 1. The van der Waals surface area contributed by atoms with Gasteiger partial charge in [-0.25, -0.2) is 4.79 Å². The predicted molar refractivity (Wildman–Crippen MR) is 70.8 cm³/mol. The zero-order valence-electron chi connectivity index (χ0n) is 10.2. The van der Waals surface area contributed by atoms with Crippen molar-refractivity contribution in [3.05, 3.63) is 48.6 Å². The summed E-state index contributed by atoms with van der Waals surface area (Å²) in [6.45, 7) is 9.50. The fourth-order valence-corrected chi connectivity index (χ4v) is 1.41. The molecule has 2 nitrogen and oxygen atoms in total. The lowest BCUT2D eigenvalue weighted by molar-refractivity contribution is -0.130. The minimum atomic E-state index is -0.354. The van der Waals surface area contributed by atoms with Crippen molar-refractivity contribution in [3.8, 4) is 5.75 Å². The molecule has 0 heterocycles. The maximum Gasteiger partial charge on any atom is 0.338 e. The molecule has 0 spiro atoms. The lowest BCUT2D eigenvalue weighted by Crippen LogP contribution is -2.11. The minimum absolute atomic E-state index is 0.354. The molecule has 2 heteroatoms. The first-order valence-corrected chi connectivity index (χ1v) is 5.80. The van der Waals surface area contributed by atoms with Crippen molar-refractivity contribution in [2.75, 3.05) is 0 Å². The molecule has 0 N–H and O–H groups in total. The van der Waals surface area contributed by atoms with E-state index in [0.717, 1.165) is 18.4 Å². The summed E-state index contributed by atoms with van der Waals surface area (Å²) in [5.74, 6) is 0.179. The summed E-state index contributed by atoms with van der Waals surface area (Å²) in [6, 6.07) is 7.30. The molecule has 0 atom stereocenters. The van der Waals surface area contributed by atoms with Crippen molar-refractivity contribution in [1.29, 1.82) is 0 Å². The van der Waals surface area contributed by atoms with E-state index in [1.54, 1.807) is 12.1 Å². The van der Waals surface area contributed by atoms with Crippen LogP contribution >= 0.6 is 0 Å². The Morgan fingerprint density at radius 1 is 1.41 bits per heavy atom. The highest BCUT2D eigenvalue weighted by atomic mass is 16.5. The second kappa shape index (κ2) is 6.69. The van der Waals surface area contributed by atoms with E-state index in [9.17, 15) is 4.79 Å². The van der Waals surface area contributed by atoms with Crippen molar-refractivity contribution in [1.82, 2.24) is 0 Å². The molecular formula is C15H18O2. The summed E-state index contributed by atoms with van der Waals surface area (Å²) >= 11 is 0. The number of esters is 1. The molecule has 0 unspecified atom stereocenters. The third kappa shape index (κ3) is 3.91. The highest BCUT2D eigenvalue weighted by molar-refractivity contribution is 5.89. The van der Waals surface area contributed by atoms with Gasteiger partial charge in [0, 0.05) is 11.1 Å². The fraction of sp³-hybridized carbons (Fsp3) is 0.267.